The molecule has 2 rings (SSSR count). The highest BCUT2D eigenvalue weighted by Crippen LogP contribution is 2.28. The average molecular weight is 279 g/mol. The summed E-state index contributed by atoms with van der Waals surface area (Å²) in [5, 5.41) is 0. The zero-order chi connectivity index (χ0) is 14.7. The number of benzene rings is 1. The third-order valence-corrected chi connectivity index (χ3v) is 4.26. The van der Waals surface area contributed by atoms with Crippen molar-refractivity contribution in [1.82, 2.24) is 4.90 Å². The Hall–Kier alpha value is -1.58. The normalized spacial score (nSPS) is 22.4. The predicted molar refractivity (Wildman–Crippen MR) is 76.5 cm³/mol. The number of amides is 1. The molecule has 1 aliphatic carbocycles. The second kappa shape index (κ2) is 6.25. The molecule has 0 spiro atoms. The van der Waals surface area contributed by atoms with Crippen molar-refractivity contribution in [2.24, 2.45) is 5.92 Å². The van der Waals surface area contributed by atoms with E-state index in [4.69, 9.17) is 4.74 Å². The van der Waals surface area contributed by atoms with Crippen LogP contribution in [0.1, 0.15) is 43.0 Å². The van der Waals surface area contributed by atoms with Gasteiger partial charge in [0.2, 0.25) is 0 Å². The first-order valence-corrected chi connectivity index (χ1v) is 7.13. The minimum Gasteiger partial charge on any atom is -0.497 e. The van der Waals surface area contributed by atoms with E-state index in [1.165, 1.54) is 19.2 Å². The highest BCUT2D eigenvalue weighted by Gasteiger charge is 2.26. The summed E-state index contributed by atoms with van der Waals surface area (Å²) >= 11 is 0. The van der Waals surface area contributed by atoms with Crippen LogP contribution >= 0.6 is 0 Å². The molecule has 0 aromatic heterocycles. The molecule has 1 aromatic carbocycles. The van der Waals surface area contributed by atoms with Gasteiger partial charge in [0.25, 0.3) is 5.91 Å². The molecule has 0 bridgehead atoms. The molecular weight excluding hydrogens is 257 g/mol. The fourth-order valence-corrected chi connectivity index (χ4v) is 2.78. The van der Waals surface area contributed by atoms with Gasteiger partial charge in [-0.05, 0) is 43.7 Å². The molecule has 0 N–H and O–H groups in total. The van der Waals surface area contributed by atoms with Gasteiger partial charge < -0.3 is 9.64 Å². The van der Waals surface area contributed by atoms with E-state index in [1.54, 1.807) is 18.0 Å². The Labute approximate surface area is 119 Å². The summed E-state index contributed by atoms with van der Waals surface area (Å²) in [7, 11) is 3.25. The third-order valence-electron chi connectivity index (χ3n) is 4.26. The molecule has 1 saturated carbocycles. The van der Waals surface area contributed by atoms with Gasteiger partial charge in [-0.2, -0.15) is 0 Å². The van der Waals surface area contributed by atoms with Gasteiger partial charge in [0, 0.05) is 19.2 Å². The van der Waals surface area contributed by atoms with E-state index in [0.717, 1.165) is 31.6 Å². The Balaban J connectivity index is 2.10. The topological polar surface area (TPSA) is 29.5 Å². The highest BCUT2D eigenvalue weighted by molar-refractivity contribution is 5.94. The molecule has 1 amide bonds. The lowest BCUT2D eigenvalue weighted by Gasteiger charge is -2.33. The maximum atomic E-state index is 13.9. The third kappa shape index (κ3) is 3.11. The number of hydrogen-bond acceptors (Lipinski definition) is 2. The van der Waals surface area contributed by atoms with Crippen molar-refractivity contribution in [2.45, 2.75) is 38.6 Å². The number of carbonyl (C=O) groups excluding carboxylic acids is 1. The number of carbonyl (C=O) groups is 1. The van der Waals surface area contributed by atoms with Crippen molar-refractivity contribution in [3.63, 3.8) is 0 Å². The molecule has 0 atom stereocenters. The Morgan fingerprint density at radius 1 is 1.30 bits per heavy atom. The smallest absolute Gasteiger partial charge is 0.256 e. The molecule has 0 aliphatic heterocycles. The lowest BCUT2D eigenvalue weighted by molar-refractivity contribution is 0.0675. The van der Waals surface area contributed by atoms with Crippen LogP contribution in [-0.4, -0.2) is 31.0 Å². The largest absolute Gasteiger partial charge is 0.497 e. The Kier molecular flexibility index (Phi) is 4.63. The highest BCUT2D eigenvalue weighted by atomic mass is 19.1. The lowest BCUT2D eigenvalue weighted by atomic mass is 9.86. The van der Waals surface area contributed by atoms with Crippen molar-refractivity contribution in [2.75, 3.05) is 14.2 Å². The predicted octanol–water partition coefficient (Wildman–Crippen LogP) is 3.49. The van der Waals surface area contributed by atoms with Crippen molar-refractivity contribution >= 4 is 5.91 Å². The van der Waals surface area contributed by atoms with Gasteiger partial charge in [0.15, 0.2) is 0 Å². The molecular formula is C16H22FNO2. The van der Waals surface area contributed by atoms with Crippen molar-refractivity contribution in [3.05, 3.63) is 29.6 Å². The molecule has 1 aliphatic rings. The molecule has 110 valence electrons. The van der Waals surface area contributed by atoms with Crippen LogP contribution in [0.3, 0.4) is 0 Å². The summed E-state index contributed by atoms with van der Waals surface area (Å²) < 4.78 is 18.9. The summed E-state index contributed by atoms with van der Waals surface area (Å²) in [6.07, 6.45) is 4.27. The van der Waals surface area contributed by atoms with E-state index in [9.17, 15) is 9.18 Å². The number of methoxy groups -OCH3 is 1. The van der Waals surface area contributed by atoms with Crippen LogP contribution in [0.25, 0.3) is 0 Å². The molecule has 0 saturated heterocycles. The Morgan fingerprint density at radius 3 is 2.50 bits per heavy atom. The fourth-order valence-electron chi connectivity index (χ4n) is 2.78. The summed E-state index contributed by atoms with van der Waals surface area (Å²) in [5.74, 6) is 0.385. The molecule has 0 radical (unpaired) electrons. The van der Waals surface area contributed by atoms with Crippen LogP contribution in [0.5, 0.6) is 5.75 Å². The molecule has 3 nitrogen and oxygen atoms in total. The maximum Gasteiger partial charge on any atom is 0.256 e. The Morgan fingerprint density at radius 2 is 1.95 bits per heavy atom. The fraction of sp³-hybridized carbons (Fsp3) is 0.562. The molecule has 4 heteroatoms. The van der Waals surface area contributed by atoms with Gasteiger partial charge in [-0.1, -0.05) is 6.92 Å². The lowest BCUT2D eigenvalue weighted by Crippen LogP contribution is -2.39. The SMILES string of the molecule is COc1ccc(C(=O)N(C)C2CCC(C)CC2)c(F)c1. The Bertz CT molecular complexity index is 481. The van der Waals surface area contributed by atoms with E-state index in [1.807, 2.05) is 0 Å². The first-order valence-electron chi connectivity index (χ1n) is 7.13. The first-order chi connectivity index (χ1) is 9.52. The minimum absolute atomic E-state index is 0.118. The summed E-state index contributed by atoms with van der Waals surface area (Å²) in [6.45, 7) is 2.24. The second-order valence-electron chi connectivity index (χ2n) is 5.68. The number of nitrogens with zero attached hydrogens (tertiary/aromatic N) is 1. The van der Waals surface area contributed by atoms with Crippen LogP contribution in [-0.2, 0) is 0 Å². The standard InChI is InChI=1S/C16H22FNO2/c1-11-4-6-12(7-5-11)18(2)16(19)14-9-8-13(20-3)10-15(14)17/h8-12H,4-7H2,1-3H3. The van der Waals surface area contributed by atoms with Crippen LogP contribution in [0.2, 0.25) is 0 Å². The van der Waals surface area contributed by atoms with Gasteiger partial charge >= 0.3 is 0 Å². The van der Waals surface area contributed by atoms with E-state index in [-0.39, 0.29) is 17.5 Å². The molecule has 0 unspecified atom stereocenters. The van der Waals surface area contributed by atoms with Crippen LogP contribution < -0.4 is 4.74 Å². The maximum absolute atomic E-state index is 13.9. The summed E-state index contributed by atoms with van der Waals surface area (Å²) in [5.41, 5.74) is 0.118. The van der Waals surface area contributed by atoms with Crippen LogP contribution in [0.15, 0.2) is 18.2 Å². The number of halogens is 1. The van der Waals surface area contributed by atoms with E-state index in [2.05, 4.69) is 6.92 Å². The van der Waals surface area contributed by atoms with E-state index in [0.29, 0.717) is 5.75 Å². The number of rotatable bonds is 3. The van der Waals surface area contributed by atoms with Gasteiger partial charge in [-0.15, -0.1) is 0 Å². The van der Waals surface area contributed by atoms with Gasteiger partial charge in [0.05, 0.1) is 12.7 Å². The number of hydrogen-bond donors (Lipinski definition) is 0. The van der Waals surface area contributed by atoms with E-state index < -0.39 is 5.82 Å². The van der Waals surface area contributed by atoms with Gasteiger partial charge in [-0.3, -0.25) is 4.79 Å². The van der Waals surface area contributed by atoms with Crippen molar-refractivity contribution in [1.29, 1.82) is 0 Å². The monoisotopic (exact) mass is 279 g/mol. The first kappa shape index (κ1) is 14.8. The second-order valence-corrected chi connectivity index (χ2v) is 5.68. The zero-order valence-electron chi connectivity index (χ0n) is 12.4. The molecule has 20 heavy (non-hydrogen) atoms. The van der Waals surface area contributed by atoms with Gasteiger partial charge in [0.1, 0.15) is 11.6 Å². The quantitative estimate of drug-likeness (QED) is 0.847. The van der Waals surface area contributed by atoms with Crippen molar-refractivity contribution < 1.29 is 13.9 Å². The van der Waals surface area contributed by atoms with E-state index >= 15 is 0 Å². The van der Waals surface area contributed by atoms with Crippen molar-refractivity contribution in [3.8, 4) is 5.75 Å². The summed E-state index contributed by atoms with van der Waals surface area (Å²) in [4.78, 5) is 14.1. The average Bonchev–Trinajstić information content (AvgIpc) is 2.46. The molecule has 1 aromatic rings. The van der Waals surface area contributed by atoms with Gasteiger partial charge in [-0.25, -0.2) is 4.39 Å². The molecule has 0 heterocycles. The molecule has 1 fully saturated rings. The number of ether oxygens (including phenoxy) is 1. The minimum atomic E-state index is -0.523. The van der Waals surface area contributed by atoms with Crippen LogP contribution in [0, 0.1) is 11.7 Å². The zero-order valence-corrected chi connectivity index (χ0v) is 12.4. The van der Waals surface area contributed by atoms with Crippen LogP contribution in [0.4, 0.5) is 4.39 Å². The summed E-state index contributed by atoms with van der Waals surface area (Å²) in [6, 6.07) is 4.59.